The van der Waals surface area contributed by atoms with Crippen LogP contribution in [0.2, 0.25) is 5.02 Å². The molecule has 0 saturated heterocycles. The van der Waals surface area contributed by atoms with Crippen LogP contribution < -0.4 is 11.1 Å². The first-order chi connectivity index (χ1) is 8.97. The lowest BCUT2D eigenvalue weighted by atomic mass is 10.1. The van der Waals surface area contributed by atoms with E-state index in [4.69, 9.17) is 17.3 Å². The van der Waals surface area contributed by atoms with Gasteiger partial charge in [0.25, 0.3) is 5.91 Å². The summed E-state index contributed by atoms with van der Waals surface area (Å²) >= 11 is 9.18. The number of amides is 1. The van der Waals surface area contributed by atoms with Crippen molar-refractivity contribution in [2.45, 2.75) is 6.92 Å². The molecule has 2 rings (SSSR count). The summed E-state index contributed by atoms with van der Waals surface area (Å²) in [6.07, 6.45) is 0. The molecular weight excluding hydrogens is 328 g/mol. The van der Waals surface area contributed by atoms with Crippen LogP contribution in [0, 0.1) is 6.92 Å². The van der Waals surface area contributed by atoms with Gasteiger partial charge in [-0.1, -0.05) is 23.2 Å². The van der Waals surface area contributed by atoms with Gasteiger partial charge < -0.3 is 11.1 Å². The molecule has 98 valence electrons. The topological polar surface area (TPSA) is 55.1 Å². The zero-order chi connectivity index (χ0) is 14.0. The summed E-state index contributed by atoms with van der Waals surface area (Å²) in [5.41, 5.74) is 8.36. The van der Waals surface area contributed by atoms with E-state index >= 15 is 0 Å². The van der Waals surface area contributed by atoms with Crippen molar-refractivity contribution in [3.63, 3.8) is 0 Å². The third-order valence-electron chi connectivity index (χ3n) is 2.63. The summed E-state index contributed by atoms with van der Waals surface area (Å²) in [5, 5.41) is 3.30. The maximum atomic E-state index is 12.2. The molecule has 3 N–H and O–H groups in total. The van der Waals surface area contributed by atoms with Gasteiger partial charge in [-0.15, -0.1) is 0 Å². The van der Waals surface area contributed by atoms with Crippen LogP contribution in [-0.4, -0.2) is 5.91 Å². The van der Waals surface area contributed by atoms with Gasteiger partial charge in [0.05, 0.1) is 16.9 Å². The van der Waals surface area contributed by atoms with Crippen LogP contribution in [-0.2, 0) is 0 Å². The molecule has 5 heteroatoms. The molecule has 0 saturated carbocycles. The number of benzene rings is 2. The summed E-state index contributed by atoms with van der Waals surface area (Å²) in [6, 6.07) is 10.5. The summed E-state index contributed by atoms with van der Waals surface area (Å²) < 4.78 is 0.739. The molecule has 0 atom stereocenters. The van der Waals surface area contributed by atoms with Gasteiger partial charge in [0, 0.05) is 9.50 Å². The first kappa shape index (κ1) is 13.9. The van der Waals surface area contributed by atoms with Gasteiger partial charge in [-0.3, -0.25) is 4.79 Å². The number of anilines is 2. The lowest BCUT2D eigenvalue weighted by Gasteiger charge is -2.10. The molecule has 0 aliphatic heterocycles. The first-order valence-electron chi connectivity index (χ1n) is 5.60. The van der Waals surface area contributed by atoms with Gasteiger partial charge in [0.15, 0.2) is 0 Å². The zero-order valence-electron chi connectivity index (χ0n) is 10.2. The molecule has 2 aromatic rings. The summed E-state index contributed by atoms with van der Waals surface area (Å²) in [5.74, 6) is -0.218. The highest BCUT2D eigenvalue weighted by Crippen LogP contribution is 2.25. The summed E-state index contributed by atoms with van der Waals surface area (Å²) in [6.45, 7) is 1.93. The highest BCUT2D eigenvalue weighted by molar-refractivity contribution is 9.10. The van der Waals surface area contributed by atoms with E-state index in [1.165, 1.54) is 0 Å². The second kappa shape index (κ2) is 5.63. The van der Waals surface area contributed by atoms with E-state index in [9.17, 15) is 4.79 Å². The number of aryl methyl sites for hydroxylation is 1. The van der Waals surface area contributed by atoms with Crippen molar-refractivity contribution in [2.75, 3.05) is 11.1 Å². The van der Waals surface area contributed by atoms with E-state index in [-0.39, 0.29) is 5.91 Å². The molecular formula is C14H12BrClN2O. The Labute approximate surface area is 124 Å². The predicted octanol–water partition coefficient (Wildman–Crippen LogP) is 4.25. The predicted molar refractivity (Wildman–Crippen MR) is 82.7 cm³/mol. The largest absolute Gasteiger partial charge is 0.397 e. The molecule has 0 heterocycles. The van der Waals surface area contributed by atoms with E-state index in [1.54, 1.807) is 18.2 Å². The Hall–Kier alpha value is -1.52. The van der Waals surface area contributed by atoms with Crippen molar-refractivity contribution in [3.8, 4) is 0 Å². The van der Waals surface area contributed by atoms with Crippen LogP contribution in [0.15, 0.2) is 40.9 Å². The summed E-state index contributed by atoms with van der Waals surface area (Å²) in [7, 11) is 0. The lowest BCUT2D eigenvalue weighted by Crippen LogP contribution is -2.14. The highest BCUT2D eigenvalue weighted by atomic mass is 79.9. The molecule has 19 heavy (non-hydrogen) atoms. The van der Waals surface area contributed by atoms with Gasteiger partial charge in [0.1, 0.15) is 0 Å². The fourth-order valence-corrected chi connectivity index (χ4v) is 2.26. The van der Waals surface area contributed by atoms with E-state index in [1.807, 2.05) is 25.1 Å². The normalized spacial score (nSPS) is 10.3. The monoisotopic (exact) mass is 338 g/mol. The lowest BCUT2D eigenvalue weighted by molar-refractivity contribution is 0.102. The third kappa shape index (κ3) is 3.28. The van der Waals surface area contributed by atoms with Crippen LogP contribution in [0.3, 0.4) is 0 Å². The van der Waals surface area contributed by atoms with Crippen LogP contribution in [0.4, 0.5) is 11.4 Å². The molecule has 0 radical (unpaired) electrons. The molecule has 1 amide bonds. The number of halogens is 2. The number of rotatable bonds is 2. The van der Waals surface area contributed by atoms with E-state index in [0.717, 1.165) is 10.0 Å². The average molecular weight is 340 g/mol. The van der Waals surface area contributed by atoms with Crippen molar-refractivity contribution in [1.82, 2.24) is 0 Å². The van der Waals surface area contributed by atoms with Crippen molar-refractivity contribution < 1.29 is 4.79 Å². The quantitative estimate of drug-likeness (QED) is 0.804. The molecule has 0 bridgehead atoms. The number of hydrogen-bond donors (Lipinski definition) is 2. The van der Waals surface area contributed by atoms with Gasteiger partial charge >= 0.3 is 0 Å². The van der Waals surface area contributed by atoms with Gasteiger partial charge in [-0.2, -0.15) is 0 Å². The van der Waals surface area contributed by atoms with Crippen LogP contribution in [0.5, 0.6) is 0 Å². The fraction of sp³-hybridized carbons (Fsp3) is 0.0714. The maximum Gasteiger partial charge on any atom is 0.256 e. The van der Waals surface area contributed by atoms with Crippen molar-refractivity contribution >= 4 is 44.8 Å². The standard InChI is InChI=1S/C14H12BrClN2O/c1-8-2-4-11(15)10(6-8)14(19)18-13-5-3-9(16)7-12(13)17/h2-7H,17H2,1H3,(H,18,19). The molecule has 0 spiro atoms. The Morgan fingerprint density at radius 3 is 2.68 bits per heavy atom. The zero-order valence-corrected chi connectivity index (χ0v) is 12.5. The van der Waals surface area contributed by atoms with Crippen molar-refractivity contribution in [2.24, 2.45) is 0 Å². The van der Waals surface area contributed by atoms with E-state index < -0.39 is 0 Å². The number of nitrogens with two attached hydrogens (primary N) is 1. The summed E-state index contributed by atoms with van der Waals surface area (Å²) in [4.78, 5) is 12.2. The minimum atomic E-state index is -0.218. The molecule has 0 aliphatic rings. The smallest absolute Gasteiger partial charge is 0.256 e. The Morgan fingerprint density at radius 2 is 2.00 bits per heavy atom. The Bertz CT molecular complexity index is 643. The van der Waals surface area contributed by atoms with Gasteiger partial charge in [-0.05, 0) is 53.2 Å². The Kier molecular flexibility index (Phi) is 4.12. The molecule has 3 nitrogen and oxygen atoms in total. The average Bonchev–Trinajstić information content (AvgIpc) is 2.35. The van der Waals surface area contributed by atoms with Gasteiger partial charge in [0.2, 0.25) is 0 Å². The van der Waals surface area contributed by atoms with E-state index in [2.05, 4.69) is 21.2 Å². The SMILES string of the molecule is Cc1ccc(Br)c(C(=O)Nc2ccc(Cl)cc2N)c1. The molecule has 0 aromatic heterocycles. The van der Waals surface area contributed by atoms with Crippen LogP contribution in [0.25, 0.3) is 0 Å². The number of hydrogen-bond acceptors (Lipinski definition) is 2. The Morgan fingerprint density at radius 1 is 1.26 bits per heavy atom. The first-order valence-corrected chi connectivity index (χ1v) is 6.77. The molecule has 0 unspecified atom stereocenters. The van der Waals surface area contributed by atoms with Crippen molar-refractivity contribution in [3.05, 3.63) is 57.0 Å². The molecule has 0 aliphatic carbocycles. The molecule has 0 fully saturated rings. The number of nitrogen functional groups attached to an aromatic ring is 1. The fourth-order valence-electron chi connectivity index (χ4n) is 1.65. The third-order valence-corrected chi connectivity index (χ3v) is 3.55. The minimum absolute atomic E-state index is 0.218. The van der Waals surface area contributed by atoms with Gasteiger partial charge in [-0.25, -0.2) is 0 Å². The second-order valence-electron chi connectivity index (χ2n) is 4.17. The van der Waals surface area contributed by atoms with Crippen LogP contribution >= 0.6 is 27.5 Å². The second-order valence-corrected chi connectivity index (χ2v) is 5.46. The number of carbonyl (C=O) groups is 1. The maximum absolute atomic E-state index is 12.2. The highest BCUT2D eigenvalue weighted by Gasteiger charge is 2.11. The minimum Gasteiger partial charge on any atom is -0.397 e. The number of nitrogens with one attached hydrogen (secondary N) is 1. The van der Waals surface area contributed by atoms with Crippen molar-refractivity contribution in [1.29, 1.82) is 0 Å². The number of carbonyl (C=O) groups excluding carboxylic acids is 1. The molecule has 2 aromatic carbocycles. The Balaban J connectivity index is 2.28. The van der Waals surface area contributed by atoms with E-state index in [0.29, 0.717) is 22.0 Å². The van der Waals surface area contributed by atoms with Crippen LogP contribution in [0.1, 0.15) is 15.9 Å².